The van der Waals surface area contributed by atoms with E-state index in [4.69, 9.17) is 0 Å². The van der Waals surface area contributed by atoms with Crippen molar-refractivity contribution >= 4 is 29.5 Å². The number of carbonyl (C=O) groups excluding carboxylic acids is 5. The van der Waals surface area contributed by atoms with Crippen LogP contribution in [-0.2, 0) is 24.0 Å². The molecule has 1 saturated carbocycles. The average molecular weight is 906 g/mol. The van der Waals surface area contributed by atoms with Crippen LogP contribution >= 0.6 is 0 Å². The van der Waals surface area contributed by atoms with E-state index in [1.165, 1.54) is 195 Å². The zero-order valence-electron chi connectivity index (χ0n) is 42.7. The lowest BCUT2D eigenvalue weighted by atomic mass is 9.61. The molecule has 5 unspecified atom stereocenters. The van der Waals surface area contributed by atoms with Gasteiger partial charge >= 0.3 is 0 Å². The molecule has 65 heavy (non-hydrogen) atoms. The minimum atomic E-state index is -0.688. The van der Waals surface area contributed by atoms with E-state index in [9.17, 15) is 24.0 Å². The molecule has 2 fully saturated rings. The first kappa shape index (κ1) is 56.6. The molecule has 0 spiro atoms. The fourth-order valence-electron chi connectivity index (χ4n) is 11.6. The molecule has 1 aliphatic carbocycles. The van der Waals surface area contributed by atoms with E-state index in [1.54, 1.807) is 11.8 Å². The fraction of sp³-hybridized carbons (Fsp3) is 0.842. The summed E-state index contributed by atoms with van der Waals surface area (Å²) in [7, 11) is 0. The van der Waals surface area contributed by atoms with Crippen LogP contribution in [-0.4, -0.2) is 69.9 Å². The number of imide groups is 2. The summed E-state index contributed by atoms with van der Waals surface area (Å²) < 4.78 is 0. The topological polar surface area (TPSA) is 95.1 Å². The fourth-order valence-corrected chi connectivity index (χ4v) is 11.6. The van der Waals surface area contributed by atoms with Crippen LogP contribution in [0, 0.1) is 23.7 Å². The van der Waals surface area contributed by atoms with Gasteiger partial charge in [0, 0.05) is 37.4 Å². The number of hydrogen-bond acceptors (Lipinski definition) is 5. The summed E-state index contributed by atoms with van der Waals surface area (Å²) in [5.41, 5.74) is 0.424. The Morgan fingerprint density at radius 3 is 1.34 bits per heavy atom. The third kappa shape index (κ3) is 21.4. The van der Waals surface area contributed by atoms with E-state index in [2.05, 4.69) is 27.4 Å². The molecule has 2 aliphatic heterocycles. The molecule has 5 atom stereocenters. The monoisotopic (exact) mass is 906 g/mol. The van der Waals surface area contributed by atoms with E-state index in [0.29, 0.717) is 25.2 Å². The van der Waals surface area contributed by atoms with Gasteiger partial charge < -0.3 is 4.90 Å². The molecule has 0 aromatic rings. The minimum Gasteiger partial charge on any atom is -0.326 e. The Hall–Kier alpha value is -2.77. The lowest BCUT2D eigenvalue weighted by Gasteiger charge is -2.44. The summed E-state index contributed by atoms with van der Waals surface area (Å²) in [6.45, 7) is 13.9. The van der Waals surface area contributed by atoms with Gasteiger partial charge in [-0.1, -0.05) is 207 Å². The third-order valence-electron chi connectivity index (χ3n) is 15.5. The average Bonchev–Trinajstić information content (AvgIpc) is 3.77. The zero-order valence-corrected chi connectivity index (χ0v) is 42.7. The van der Waals surface area contributed by atoms with E-state index in [-0.39, 0.29) is 36.0 Å². The molecule has 0 N–H and O–H groups in total. The Labute approximate surface area is 399 Å². The number of nitrogens with zero attached hydrogens (tertiary/aromatic N) is 3. The van der Waals surface area contributed by atoms with Crippen LogP contribution in [0.5, 0.6) is 0 Å². The van der Waals surface area contributed by atoms with Crippen molar-refractivity contribution in [2.24, 2.45) is 23.7 Å². The van der Waals surface area contributed by atoms with Crippen molar-refractivity contribution in [3.63, 3.8) is 0 Å². The van der Waals surface area contributed by atoms with Gasteiger partial charge in [0.25, 0.3) is 17.7 Å². The molecule has 1 saturated heterocycles. The summed E-state index contributed by atoms with van der Waals surface area (Å²) in [4.78, 5) is 68.1. The lowest BCUT2D eigenvalue weighted by Crippen LogP contribution is -2.46. The normalized spacial score (nSPS) is 21.1. The molecule has 2 heterocycles. The molecular formula is C57H99N3O5. The van der Waals surface area contributed by atoms with Gasteiger partial charge in [0.15, 0.2) is 0 Å². The Bertz CT molecular complexity index is 1390. The maximum absolute atomic E-state index is 13.6. The van der Waals surface area contributed by atoms with Gasteiger partial charge in [0.2, 0.25) is 11.8 Å². The van der Waals surface area contributed by atoms with Crippen LogP contribution in [0.3, 0.4) is 0 Å². The maximum Gasteiger partial charge on any atom is 0.253 e. The van der Waals surface area contributed by atoms with Crippen molar-refractivity contribution in [2.45, 2.75) is 265 Å². The van der Waals surface area contributed by atoms with Gasteiger partial charge in [-0.2, -0.15) is 0 Å². The SMILES string of the molecule is C=C(C)C(=O)N(CCCCCCCCC)C1CC(=O)N(CCCCCCCCC2C(CCCCCCCCN3C(=O)C=CC3=O)CCC(CCCCCC)C2CCCCCCCC)C1=O. The highest BCUT2D eigenvalue weighted by Gasteiger charge is 2.43. The first-order valence-electron chi connectivity index (χ1n) is 28.0. The second kappa shape index (κ2) is 34.5. The molecular weight excluding hydrogens is 807 g/mol. The van der Waals surface area contributed by atoms with Crippen molar-refractivity contribution in [3.8, 4) is 0 Å². The summed E-state index contributed by atoms with van der Waals surface area (Å²) >= 11 is 0. The zero-order chi connectivity index (χ0) is 47.1. The summed E-state index contributed by atoms with van der Waals surface area (Å²) in [6.07, 6.45) is 46.7. The molecule has 3 rings (SSSR count). The largest absolute Gasteiger partial charge is 0.326 e. The van der Waals surface area contributed by atoms with Crippen LogP contribution < -0.4 is 0 Å². The van der Waals surface area contributed by atoms with Gasteiger partial charge in [0.05, 0.1) is 6.42 Å². The highest BCUT2D eigenvalue weighted by molar-refractivity contribution is 6.12. The minimum absolute atomic E-state index is 0.0985. The number of unbranched alkanes of at least 4 members (excludes halogenated alkanes) is 24. The highest BCUT2D eigenvalue weighted by Crippen LogP contribution is 2.48. The molecule has 372 valence electrons. The van der Waals surface area contributed by atoms with Crippen LogP contribution in [0.2, 0.25) is 0 Å². The molecule has 8 nitrogen and oxygen atoms in total. The molecule has 3 aliphatic rings. The molecule has 8 heteroatoms. The number of rotatable bonds is 40. The maximum atomic E-state index is 13.6. The smallest absolute Gasteiger partial charge is 0.253 e. The van der Waals surface area contributed by atoms with E-state index in [0.717, 1.165) is 75.0 Å². The Morgan fingerprint density at radius 2 is 0.892 bits per heavy atom. The van der Waals surface area contributed by atoms with Gasteiger partial charge in [-0.3, -0.25) is 33.8 Å². The summed E-state index contributed by atoms with van der Waals surface area (Å²) in [6, 6.07) is -0.688. The molecule has 0 aromatic carbocycles. The predicted molar refractivity (Wildman–Crippen MR) is 270 cm³/mol. The Balaban J connectivity index is 1.48. The van der Waals surface area contributed by atoms with Gasteiger partial charge in [-0.25, -0.2) is 0 Å². The van der Waals surface area contributed by atoms with Crippen molar-refractivity contribution < 1.29 is 24.0 Å². The Morgan fingerprint density at radius 1 is 0.523 bits per heavy atom. The summed E-state index contributed by atoms with van der Waals surface area (Å²) in [5.74, 6) is 2.62. The van der Waals surface area contributed by atoms with Crippen LogP contribution in [0.1, 0.15) is 259 Å². The lowest BCUT2D eigenvalue weighted by molar-refractivity contribution is -0.143. The van der Waals surface area contributed by atoms with E-state index >= 15 is 0 Å². The predicted octanol–water partition coefficient (Wildman–Crippen LogP) is 14.6. The van der Waals surface area contributed by atoms with E-state index in [1.807, 2.05) is 0 Å². The molecule has 0 radical (unpaired) electrons. The van der Waals surface area contributed by atoms with Crippen molar-refractivity contribution in [2.75, 3.05) is 19.6 Å². The number of likely N-dealkylation sites (tertiary alicyclic amines) is 1. The number of carbonyl (C=O) groups is 5. The van der Waals surface area contributed by atoms with Crippen molar-refractivity contribution in [1.82, 2.24) is 14.7 Å². The highest BCUT2D eigenvalue weighted by atomic mass is 16.2. The van der Waals surface area contributed by atoms with Gasteiger partial charge in [-0.15, -0.1) is 0 Å². The number of hydrogen-bond donors (Lipinski definition) is 0. The summed E-state index contributed by atoms with van der Waals surface area (Å²) in [5, 5.41) is 0. The molecule has 5 amide bonds. The van der Waals surface area contributed by atoms with Gasteiger partial charge in [0.1, 0.15) is 6.04 Å². The third-order valence-corrected chi connectivity index (χ3v) is 15.5. The van der Waals surface area contributed by atoms with Crippen LogP contribution in [0.25, 0.3) is 0 Å². The first-order chi connectivity index (χ1) is 31.6. The number of amides is 5. The van der Waals surface area contributed by atoms with Crippen molar-refractivity contribution in [3.05, 3.63) is 24.3 Å². The molecule has 0 aromatic heterocycles. The van der Waals surface area contributed by atoms with Crippen molar-refractivity contribution in [1.29, 1.82) is 0 Å². The van der Waals surface area contributed by atoms with Crippen LogP contribution in [0.4, 0.5) is 0 Å². The van der Waals surface area contributed by atoms with Crippen LogP contribution in [0.15, 0.2) is 24.3 Å². The first-order valence-corrected chi connectivity index (χ1v) is 28.0. The second-order valence-electron chi connectivity index (χ2n) is 20.8. The van der Waals surface area contributed by atoms with Gasteiger partial charge in [-0.05, 0) is 75.5 Å². The standard InChI is InChI=1S/C57H99N3O5/c1-6-9-12-15-19-25-32-43-58(56(64)47(4)5)52-46-55(63)60(57(52)65)45-34-27-21-18-24-31-38-51-49(36-29-22-17-20-26-33-44-59-53(61)41-42-54(59)62)40-39-48(35-28-14-11-8-3)50(51)37-30-23-16-13-10-7-2/h41-42,48-52H,4,6-40,43-46H2,1-3,5H3. The second-order valence-corrected chi connectivity index (χ2v) is 20.8. The molecule has 0 bridgehead atoms. The Kier molecular flexibility index (Phi) is 30.0. The quantitative estimate of drug-likeness (QED) is 0.0347. The van der Waals surface area contributed by atoms with E-state index < -0.39 is 6.04 Å².